The summed E-state index contributed by atoms with van der Waals surface area (Å²) in [4.78, 5) is 27.1. The summed E-state index contributed by atoms with van der Waals surface area (Å²) < 4.78 is 0. The van der Waals surface area contributed by atoms with Crippen LogP contribution in [-0.4, -0.2) is 66.7 Å². The average Bonchev–Trinajstić information content (AvgIpc) is 2.37. The van der Waals surface area contributed by atoms with Gasteiger partial charge in [0.05, 0.1) is 5.92 Å². The van der Waals surface area contributed by atoms with Crippen LogP contribution in [0.15, 0.2) is 0 Å². The van der Waals surface area contributed by atoms with E-state index in [0.29, 0.717) is 13.0 Å². The number of nitrogens with one attached hydrogen (secondary N) is 1. The van der Waals surface area contributed by atoms with Gasteiger partial charge in [-0.1, -0.05) is 13.3 Å². The maximum Gasteiger partial charge on any atom is 0.317 e. The smallest absolute Gasteiger partial charge is 0.317 e. The fourth-order valence-corrected chi connectivity index (χ4v) is 2.85. The minimum atomic E-state index is -0.844. The van der Waals surface area contributed by atoms with Gasteiger partial charge in [0.2, 0.25) is 0 Å². The number of urea groups is 1. The predicted octanol–water partition coefficient (Wildman–Crippen LogP) is 1.61. The quantitative estimate of drug-likeness (QED) is 0.714. The van der Waals surface area contributed by atoms with Crippen LogP contribution in [-0.2, 0) is 4.79 Å². The molecule has 0 heterocycles. The molecule has 0 aromatic carbocycles. The molecule has 0 saturated heterocycles. The van der Waals surface area contributed by atoms with Crippen LogP contribution in [0, 0.1) is 5.92 Å². The molecule has 21 heavy (non-hydrogen) atoms. The normalized spacial score (nSPS) is 18.0. The number of nitrogens with zero attached hydrogens (tertiary/aromatic N) is 2. The number of rotatable bonds is 8. The number of hydrogen-bond donors (Lipinski definition) is 2. The van der Waals surface area contributed by atoms with Crippen LogP contribution in [0.1, 0.15) is 39.0 Å². The van der Waals surface area contributed by atoms with Gasteiger partial charge in [-0.25, -0.2) is 4.79 Å². The summed E-state index contributed by atoms with van der Waals surface area (Å²) in [6, 6.07) is -0.189. The Morgan fingerprint density at radius 1 is 1.29 bits per heavy atom. The first-order valence-electron chi connectivity index (χ1n) is 7.71. The van der Waals surface area contributed by atoms with Crippen LogP contribution >= 0.6 is 0 Å². The molecule has 0 aromatic rings. The van der Waals surface area contributed by atoms with Crippen molar-refractivity contribution in [3.05, 3.63) is 0 Å². The molecule has 0 aliphatic heterocycles. The van der Waals surface area contributed by atoms with Gasteiger partial charge in [0.1, 0.15) is 0 Å². The van der Waals surface area contributed by atoms with Crippen molar-refractivity contribution in [1.29, 1.82) is 0 Å². The van der Waals surface area contributed by atoms with Gasteiger partial charge in [0, 0.05) is 25.7 Å². The summed E-state index contributed by atoms with van der Waals surface area (Å²) in [7, 11) is 5.87. The van der Waals surface area contributed by atoms with Gasteiger partial charge in [0.15, 0.2) is 0 Å². The molecule has 0 aromatic heterocycles. The molecule has 2 N–H and O–H groups in total. The van der Waals surface area contributed by atoms with Crippen LogP contribution in [0.25, 0.3) is 0 Å². The Kier molecular flexibility index (Phi) is 6.45. The number of hydrogen-bond acceptors (Lipinski definition) is 3. The topological polar surface area (TPSA) is 72.9 Å². The first-order valence-corrected chi connectivity index (χ1v) is 7.71. The van der Waals surface area contributed by atoms with Crippen molar-refractivity contribution in [3.8, 4) is 0 Å². The lowest BCUT2D eigenvalue weighted by atomic mass is 9.75. The van der Waals surface area contributed by atoms with Crippen molar-refractivity contribution >= 4 is 12.0 Å². The molecule has 122 valence electrons. The van der Waals surface area contributed by atoms with Gasteiger partial charge < -0.3 is 20.2 Å². The SMILES string of the molecule is CCCC(CNC(=O)N(C)CC1(N(C)C)CCC1)C(=O)O. The first-order chi connectivity index (χ1) is 9.82. The zero-order valence-electron chi connectivity index (χ0n) is 13.7. The fraction of sp³-hybridized carbons (Fsp3) is 0.867. The molecular weight excluding hydrogens is 270 g/mol. The highest BCUT2D eigenvalue weighted by Crippen LogP contribution is 2.36. The zero-order chi connectivity index (χ0) is 16.0. The highest BCUT2D eigenvalue weighted by atomic mass is 16.4. The monoisotopic (exact) mass is 299 g/mol. The summed E-state index contributed by atoms with van der Waals surface area (Å²) in [6.07, 6.45) is 4.79. The molecule has 0 radical (unpaired) electrons. The van der Waals surface area contributed by atoms with Crippen molar-refractivity contribution in [1.82, 2.24) is 15.1 Å². The molecule has 1 saturated carbocycles. The molecule has 0 spiro atoms. The zero-order valence-corrected chi connectivity index (χ0v) is 13.7. The second kappa shape index (κ2) is 7.64. The van der Waals surface area contributed by atoms with Gasteiger partial charge in [-0.05, 0) is 39.8 Å². The summed E-state index contributed by atoms with van der Waals surface area (Å²) in [5.41, 5.74) is 0.0850. The summed E-state index contributed by atoms with van der Waals surface area (Å²) >= 11 is 0. The third kappa shape index (κ3) is 4.59. The van der Waals surface area contributed by atoms with E-state index >= 15 is 0 Å². The molecule has 1 unspecified atom stereocenters. The highest BCUT2D eigenvalue weighted by Gasteiger charge is 2.40. The number of carboxylic acids is 1. The van der Waals surface area contributed by atoms with Crippen molar-refractivity contribution in [2.24, 2.45) is 5.92 Å². The lowest BCUT2D eigenvalue weighted by Crippen LogP contribution is -2.58. The van der Waals surface area contributed by atoms with Crippen LogP contribution in [0.3, 0.4) is 0 Å². The van der Waals surface area contributed by atoms with E-state index in [2.05, 4.69) is 10.2 Å². The maximum absolute atomic E-state index is 12.1. The average molecular weight is 299 g/mol. The Morgan fingerprint density at radius 3 is 2.29 bits per heavy atom. The van der Waals surface area contributed by atoms with E-state index in [-0.39, 0.29) is 18.1 Å². The largest absolute Gasteiger partial charge is 0.481 e. The second-order valence-corrected chi connectivity index (χ2v) is 6.34. The third-order valence-corrected chi connectivity index (χ3v) is 4.60. The summed E-state index contributed by atoms with van der Waals surface area (Å²) in [5.74, 6) is -1.34. The lowest BCUT2D eigenvalue weighted by molar-refractivity contribution is -0.141. The highest BCUT2D eigenvalue weighted by molar-refractivity contribution is 5.75. The lowest BCUT2D eigenvalue weighted by Gasteiger charge is -2.49. The number of amides is 2. The summed E-state index contributed by atoms with van der Waals surface area (Å²) in [6.45, 7) is 2.82. The van der Waals surface area contributed by atoms with Gasteiger partial charge in [-0.3, -0.25) is 4.79 Å². The third-order valence-electron chi connectivity index (χ3n) is 4.60. The number of carbonyl (C=O) groups excluding carboxylic acids is 1. The van der Waals surface area contributed by atoms with Crippen LogP contribution < -0.4 is 5.32 Å². The molecular formula is C15H29N3O3. The van der Waals surface area contributed by atoms with E-state index in [4.69, 9.17) is 5.11 Å². The van der Waals surface area contributed by atoms with E-state index in [1.54, 1.807) is 11.9 Å². The Bertz CT molecular complexity index is 367. The molecule has 6 heteroatoms. The van der Waals surface area contributed by atoms with E-state index in [1.165, 1.54) is 6.42 Å². The molecule has 1 rings (SSSR count). The summed E-state index contributed by atoms with van der Waals surface area (Å²) in [5, 5.41) is 11.8. The predicted molar refractivity (Wildman–Crippen MR) is 82.3 cm³/mol. The Hall–Kier alpha value is -1.30. The second-order valence-electron chi connectivity index (χ2n) is 6.34. The molecule has 6 nitrogen and oxygen atoms in total. The van der Waals surface area contributed by atoms with Crippen LogP contribution in [0.5, 0.6) is 0 Å². The van der Waals surface area contributed by atoms with Crippen LogP contribution in [0.4, 0.5) is 4.79 Å². The molecule has 2 amide bonds. The Morgan fingerprint density at radius 2 is 1.90 bits per heavy atom. The Labute approximate surface area is 127 Å². The fourth-order valence-electron chi connectivity index (χ4n) is 2.85. The van der Waals surface area contributed by atoms with Crippen molar-refractivity contribution in [2.45, 2.75) is 44.6 Å². The van der Waals surface area contributed by atoms with Gasteiger partial charge >= 0.3 is 12.0 Å². The van der Waals surface area contributed by atoms with Crippen molar-refractivity contribution in [3.63, 3.8) is 0 Å². The number of likely N-dealkylation sites (N-methyl/N-ethyl adjacent to an activating group) is 2. The van der Waals surface area contributed by atoms with Crippen LogP contribution in [0.2, 0.25) is 0 Å². The molecule has 1 aliphatic carbocycles. The minimum absolute atomic E-state index is 0.0850. The first kappa shape index (κ1) is 17.8. The van der Waals surface area contributed by atoms with Crippen molar-refractivity contribution in [2.75, 3.05) is 34.2 Å². The maximum atomic E-state index is 12.1. The standard InChI is InChI=1S/C15H29N3O3/c1-5-7-12(13(19)20)10-16-14(21)18(4)11-15(17(2)3)8-6-9-15/h12H,5-11H2,1-4H3,(H,16,21)(H,19,20). The minimum Gasteiger partial charge on any atom is -0.481 e. The van der Waals surface area contributed by atoms with E-state index in [1.807, 2.05) is 21.0 Å². The molecule has 1 aliphatic rings. The molecule has 1 fully saturated rings. The number of carbonyl (C=O) groups is 2. The number of aliphatic carboxylic acids is 1. The van der Waals surface area contributed by atoms with E-state index in [9.17, 15) is 9.59 Å². The van der Waals surface area contributed by atoms with Gasteiger partial charge in [0.25, 0.3) is 0 Å². The van der Waals surface area contributed by atoms with Gasteiger partial charge in [-0.2, -0.15) is 0 Å². The van der Waals surface area contributed by atoms with E-state index in [0.717, 1.165) is 19.3 Å². The van der Waals surface area contributed by atoms with Gasteiger partial charge in [-0.15, -0.1) is 0 Å². The molecule has 1 atom stereocenters. The molecule has 0 bridgehead atoms. The van der Waals surface area contributed by atoms with Crippen molar-refractivity contribution < 1.29 is 14.7 Å². The van der Waals surface area contributed by atoms with E-state index < -0.39 is 11.9 Å². The Balaban J connectivity index is 2.45. The number of carboxylic acid groups (broad SMARTS) is 1.